The first-order chi connectivity index (χ1) is 6.84. The van der Waals surface area contributed by atoms with Gasteiger partial charge in [0.1, 0.15) is 11.9 Å². The lowest BCUT2D eigenvalue weighted by Crippen LogP contribution is -2.37. The largest absolute Gasteiger partial charge is 0.479 e. The minimum Gasteiger partial charge on any atom is -0.479 e. The summed E-state index contributed by atoms with van der Waals surface area (Å²) in [6.45, 7) is 1.06. The van der Waals surface area contributed by atoms with E-state index in [0.717, 1.165) is 13.1 Å². The van der Waals surface area contributed by atoms with E-state index in [1.807, 2.05) is 0 Å². The van der Waals surface area contributed by atoms with E-state index < -0.39 is 22.9 Å². The van der Waals surface area contributed by atoms with E-state index >= 15 is 0 Å². The lowest BCUT2D eigenvalue weighted by Gasteiger charge is -2.15. The van der Waals surface area contributed by atoms with Crippen molar-refractivity contribution >= 4 is 11.7 Å². The van der Waals surface area contributed by atoms with Crippen LogP contribution in [0.15, 0.2) is 6.20 Å². The van der Waals surface area contributed by atoms with E-state index in [4.69, 9.17) is 5.11 Å². The molecule has 15 heavy (non-hydrogen) atoms. The number of aliphatic carboxylic acids is 1. The SMILES string of the molecule is CC(O)(Cc1[nH]ncc1[N+](=O)[O-])C(=O)O. The Hall–Kier alpha value is -1.96. The summed E-state index contributed by atoms with van der Waals surface area (Å²) >= 11 is 0. The van der Waals surface area contributed by atoms with Gasteiger partial charge in [0, 0.05) is 6.42 Å². The molecule has 0 saturated carbocycles. The van der Waals surface area contributed by atoms with Crippen molar-refractivity contribution in [2.24, 2.45) is 0 Å². The van der Waals surface area contributed by atoms with Crippen LogP contribution in [0.4, 0.5) is 5.69 Å². The molecule has 0 aliphatic heterocycles. The maximum Gasteiger partial charge on any atom is 0.335 e. The van der Waals surface area contributed by atoms with Gasteiger partial charge in [-0.2, -0.15) is 5.10 Å². The zero-order valence-corrected chi connectivity index (χ0v) is 7.80. The smallest absolute Gasteiger partial charge is 0.335 e. The Labute approximate surface area is 83.7 Å². The van der Waals surface area contributed by atoms with Gasteiger partial charge in [0.25, 0.3) is 0 Å². The summed E-state index contributed by atoms with van der Waals surface area (Å²) in [5, 5.41) is 34.2. The summed E-state index contributed by atoms with van der Waals surface area (Å²) in [4.78, 5) is 20.3. The third kappa shape index (κ3) is 2.29. The number of H-pyrrole nitrogens is 1. The number of nitrogens with zero attached hydrogens (tertiary/aromatic N) is 2. The van der Waals surface area contributed by atoms with Crippen molar-refractivity contribution in [2.45, 2.75) is 18.9 Å². The van der Waals surface area contributed by atoms with Crippen molar-refractivity contribution in [3.8, 4) is 0 Å². The van der Waals surface area contributed by atoms with Gasteiger partial charge < -0.3 is 10.2 Å². The highest BCUT2D eigenvalue weighted by atomic mass is 16.6. The Bertz CT molecular complexity index is 397. The molecule has 3 N–H and O–H groups in total. The number of nitro groups is 1. The molecule has 0 saturated heterocycles. The minimum absolute atomic E-state index is 0.0209. The van der Waals surface area contributed by atoms with Crippen LogP contribution in [0, 0.1) is 10.1 Å². The average Bonchev–Trinajstić information content (AvgIpc) is 2.51. The van der Waals surface area contributed by atoms with E-state index in [1.165, 1.54) is 0 Å². The van der Waals surface area contributed by atoms with Crippen LogP contribution in [0.25, 0.3) is 0 Å². The Morgan fingerprint density at radius 3 is 2.87 bits per heavy atom. The van der Waals surface area contributed by atoms with E-state index in [9.17, 15) is 20.0 Å². The molecule has 0 bridgehead atoms. The molecule has 1 unspecified atom stereocenters. The molecular formula is C7H9N3O5. The van der Waals surface area contributed by atoms with Crippen LogP contribution in [0.3, 0.4) is 0 Å². The van der Waals surface area contributed by atoms with Gasteiger partial charge in [-0.25, -0.2) is 4.79 Å². The number of carboxylic acids is 1. The van der Waals surface area contributed by atoms with Gasteiger partial charge in [0.2, 0.25) is 0 Å². The van der Waals surface area contributed by atoms with Crippen LogP contribution in [0.1, 0.15) is 12.6 Å². The molecular weight excluding hydrogens is 206 g/mol. The van der Waals surface area contributed by atoms with Gasteiger partial charge in [-0.3, -0.25) is 15.2 Å². The van der Waals surface area contributed by atoms with Gasteiger partial charge in [-0.15, -0.1) is 0 Å². The fourth-order valence-electron chi connectivity index (χ4n) is 1.01. The van der Waals surface area contributed by atoms with E-state index in [-0.39, 0.29) is 11.4 Å². The Morgan fingerprint density at radius 2 is 2.40 bits per heavy atom. The van der Waals surface area contributed by atoms with Crippen LogP contribution >= 0.6 is 0 Å². The molecule has 0 amide bonds. The molecule has 0 spiro atoms. The third-order valence-corrected chi connectivity index (χ3v) is 1.87. The van der Waals surface area contributed by atoms with Crippen LogP contribution in [0.5, 0.6) is 0 Å². The van der Waals surface area contributed by atoms with Gasteiger partial charge in [-0.05, 0) is 6.92 Å². The highest BCUT2D eigenvalue weighted by molar-refractivity contribution is 5.77. The minimum atomic E-state index is -2.06. The third-order valence-electron chi connectivity index (χ3n) is 1.87. The highest BCUT2D eigenvalue weighted by Gasteiger charge is 2.33. The maximum absolute atomic E-state index is 10.6. The van der Waals surface area contributed by atoms with E-state index in [2.05, 4.69) is 10.2 Å². The first kappa shape index (κ1) is 11.1. The number of carboxylic acid groups (broad SMARTS) is 1. The molecule has 1 rings (SSSR count). The molecule has 0 radical (unpaired) electrons. The molecule has 82 valence electrons. The summed E-state index contributed by atoms with van der Waals surface area (Å²) in [7, 11) is 0. The number of hydrogen-bond acceptors (Lipinski definition) is 5. The molecule has 0 aliphatic carbocycles. The number of hydrogen-bond donors (Lipinski definition) is 3. The quantitative estimate of drug-likeness (QED) is 0.466. The summed E-state index contributed by atoms with van der Waals surface area (Å²) < 4.78 is 0. The number of aromatic nitrogens is 2. The second-order valence-corrected chi connectivity index (χ2v) is 3.25. The fraction of sp³-hybridized carbons (Fsp3) is 0.429. The van der Waals surface area contributed by atoms with Gasteiger partial charge in [0.05, 0.1) is 4.92 Å². The van der Waals surface area contributed by atoms with Gasteiger partial charge in [0.15, 0.2) is 5.60 Å². The standard InChI is InChI=1S/C7H9N3O5/c1-7(13,6(11)12)2-4-5(10(14)15)3-8-9-4/h3,13H,2H2,1H3,(H,8,9)(H,11,12). The van der Waals surface area contributed by atoms with Crippen molar-refractivity contribution in [3.63, 3.8) is 0 Å². The first-order valence-electron chi connectivity index (χ1n) is 3.97. The van der Waals surface area contributed by atoms with E-state index in [0.29, 0.717) is 0 Å². The normalized spacial score (nSPS) is 14.5. The van der Waals surface area contributed by atoms with E-state index in [1.54, 1.807) is 0 Å². The molecule has 1 atom stereocenters. The van der Waals surface area contributed by atoms with Crippen molar-refractivity contribution in [1.29, 1.82) is 0 Å². The Kier molecular flexibility index (Phi) is 2.71. The van der Waals surface area contributed by atoms with Crippen LogP contribution < -0.4 is 0 Å². The number of aromatic amines is 1. The van der Waals surface area contributed by atoms with Crippen molar-refractivity contribution in [1.82, 2.24) is 10.2 Å². The van der Waals surface area contributed by atoms with Crippen molar-refractivity contribution < 1.29 is 19.9 Å². The molecule has 0 aromatic carbocycles. The average molecular weight is 215 g/mol. The molecule has 1 aromatic heterocycles. The summed E-state index contributed by atoms with van der Waals surface area (Å²) in [5.41, 5.74) is -2.42. The summed E-state index contributed by atoms with van der Waals surface area (Å²) in [5.74, 6) is -1.45. The lowest BCUT2D eigenvalue weighted by atomic mass is 10.0. The molecule has 1 heterocycles. The number of rotatable bonds is 4. The molecule has 0 aliphatic rings. The highest BCUT2D eigenvalue weighted by Crippen LogP contribution is 2.20. The molecule has 8 heteroatoms. The fourth-order valence-corrected chi connectivity index (χ4v) is 1.01. The first-order valence-corrected chi connectivity index (χ1v) is 3.97. The van der Waals surface area contributed by atoms with Crippen LogP contribution in [-0.2, 0) is 11.2 Å². The maximum atomic E-state index is 10.6. The zero-order valence-electron chi connectivity index (χ0n) is 7.80. The number of nitrogens with one attached hydrogen (secondary N) is 1. The summed E-state index contributed by atoms with van der Waals surface area (Å²) in [6.07, 6.45) is 0.561. The van der Waals surface area contributed by atoms with Gasteiger partial charge in [-0.1, -0.05) is 0 Å². The predicted molar refractivity (Wildman–Crippen MR) is 47.2 cm³/mol. The molecule has 0 fully saturated rings. The lowest BCUT2D eigenvalue weighted by molar-refractivity contribution is -0.385. The second-order valence-electron chi connectivity index (χ2n) is 3.25. The summed E-state index contributed by atoms with van der Waals surface area (Å²) in [6, 6.07) is 0. The number of aliphatic hydroxyl groups is 1. The van der Waals surface area contributed by atoms with Gasteiger partial charge >= 0.3 is 11.7 Å². The predicted octanol–water partition coefficient (Wildman–Crippen LogP) is -0.304. The monoisotopic (exact) mass is 215 g/mol. The molecule has 8 nitrogen and oxygen atoms in total. The van der Waals surface area contributed by atoms with Crippen LogP contribution in [0.2, 0.25) is 0 Å². The second kappa shape index (κ2) is 3.65. The number of carbonyl (C=O) groups is 1. The Balaban J connectivity index is 2.95. The Morgan fingerprint density at radius 1 is 1.80 bits per heavy atom. The van der Waals surface area contributed by atoms with Crippen LogP contribution in [-0.4, -0.2) is 36.9 Å². The molecule has 1 aromatic rings. The van der Waals surface area contributed by atoms with Crippen molar-refractivity contribution in [3.05, 3.63) is 22.0 Å². The van der Waals surface area contributed by atoms with Crippen molar-refractivity contribution in [2.75, 3.05) is 0 Å². The zero-order chi connectivity index (χ0) is 11.6. The topological polar surface area (TPSA) is 129 Å².